The molecule has 1 aliphatic heterocycles. The van der Waals surface area contributed by atoms with Gasteiger partial charge in [-0.15, -0.1) is 0 Å². The lowest BCUT2D eigenvalue weighted by Crippen LogP contribution is -2.49. The molecular formula is C16H28BNO7S. The average Bonchev–Trinajstić information content (AvgIpc) is 2.46. The lowest BCUT2D eigenvalue weighted by atomic mass is 9.89. The van der Waals surface area contributed by atoms with Crippen molar-refractivity contribution < 1.29 is 33.3 Å². The topological polar surface area (TPSA) is 136 Å². The number of aliphatic hydroxyl groups is 1. The van der Waals surface area contributed by atoms with E-state index in [0.29, 0.717) is 18.8 Å². The van der Waals surface area contributed by atoms with E-state index in [1.807, 2.05) is 13.8 Å². The number of hydrogen-bond donors (Lipinski definition) is 5. The molecule has 1 fully saturated rings. The van der Waals surface area contributed by atoms with Gasteiger partial charge in [0.15, 0.2) is 9.84 Å². The maximum absolute atomic E-state index is 12.1. The van der Waals surface area contributed by atoms with Crippen molar-refractivity contribution >= 4 is 17.2 Å². The highest BCUT2D eigenvalue weighted by atomic mass is 32.2. The smallest absolute Gasteiger partial charge is 0.485 e. The minimum atomic E-state index is -3.09. The van der Waals surface area contributed by atoms with E-state index in [1.54, 1.807) is 38.1 Å². The van der Waals surface area contributed by atoms with E-state index in [-0.39, 0.29) is 5.75 Å². The molecule has 5 N–H and O–H groups in total. The maximum Gasteiger partial charge on any atom is 0.631 e. The summed E-state index contributed by atoms with van der Waals surface area (Å²) in [4.78, 5) is 0. The van der Waals surface area contributed by atoms with Gasteiger partial charge in [0.2, 0.25) is 0 Å². The van der Waals surface area contributed by atoms with Crippen LogP contribution in [-0.2, 0) is 9.84 Å². The Bertz CT molecular complexity index is 666. The lowest BCUT2D eigenvalue weighted by molar-refractivity contribution is -0.0906. The molecule has 1 aliphatic rings. The van der Waals surface area contributed by atoms with Gasteiger partial charge in [-0.05, 0) is 45.4 Å². The molecule has 1 unspecified atom stereocenters. The largest absolute Gasteiger partial charge is 0.631 e. The van der Waals surface area contributed by atoms with Crippen LogP contribution in [0.15, 0.2) is 24.3 Å². The first-order chi connectivity index (χ1) is 11.8. The second-order valence-electron chi connectivity index (χ2n) is 7.15. The summed E-state index contributed by atoms with van der Waals surface area (Å²) in [5.74, 6) is 0.777. The van der Waals surface area contributed by atoms with Gasteiger partial charge in [-0.2, -0.15) is 0 Å². The minimum absolute atomic E-state index is 0.168. The number of sulfone groups is 1. The van der Waals surface area contributed by atoms with E-state index in [9.17, 15) is 13.5 Å². The van der Waals surface area contributed by atoms with Crippen LogP contribution in [0.2, 0.25) is 0 Å². The van der Waals surface area contributed by atoms with Crippen molar-refractivity contribution in [1.82, 2.24) is 5.32 Å². The monoisotopic (exact) mass is 389 g/mol. The van der Waals surface area contributed by atoms with E-state index in [4.69, 9.17) is 19.8 Å². The molecule has 0 bridgehead atoms. The number of rotatable bonds is 4. The molecule has 1 saturated heterocycles. The fourth-order valence-electron chi connectivity index (χ4n) is 2.21. The van der Waals surface area contributed by atoms with E-state index in [1.165, 1.54) is 0 Å². The zero-order chi connectivity index (χ0) is 20.2. The summed E-state index contributed by atoms with van der Waals surface area (Å²) in [7, 11) is -5.26. The summed E-state index contributed by atoms with van der Waals surface area (Å²) in [6.07, 6.45) is 0. The fourth-order valence-corrected chi connectivity index (χ4v) is 3.87. The molecule has 0 amide bonds. The van der Waals surface area contributed by atoms with Gasteiger partial charge in [0.25, 0.3) is 0 Å². The molecule has 0 aliphatic carbocycles. The Morgan fingerprint density at radius 1 is 1.12 bits per heavy atom. The van der Waals surface area contributed by atoms with E-state index in [0.717, 1.165) is 5.56 Å². The second kappa shape index (κ2) is 8.68. The lowest BCUT2D eigenvalue weighted by Gasteiger charge is -2.37. The maximum atomic E-state index is 12.1. The molecule has 1 heterocycles. The highest BCUT2D eigenvalue weighted by molar-refractivity contribution is 7.91. The summed E-state index contributed by atoms with van der Waals surface area (Å²) >= 11 is 0. The zero-order valence-corrected chi connectivity index (χ0v) is 16.3. The van der Waals surface area contributed by atoms with E-state index < -0.39 is 33.6 Å². The average molecular weight is 389 g/mol. The normalized spacial score (nSPS) is 19.9. The summed E-state index contributed by atoms with van der Waals surface area (Å²) < 4.78 is 30.1. The highest BCUT2D eigenvalue weighted by Crippen LogP contribution is 2.30. The molecule has 1 atom stereocenters. The third-order valence-corrected chi connectivity index (χ3v) is 6.50. The zero-order valence-electron chi connectivity index (χ0n) is 15.5. The van der Waals surface area contributed by atoms with Crippen molar-refractivity contribution in [3.8, 4) is 5.75 Å². The molecule has 10 heteroatoms. The number of nitrogens with one attached hydrogen (secondary N) is 1. The van der Waals surface area contributed by atoms with Gasteiger partial charge in [-0.25, -0.2) is 8.42 Å². The molecule has 0 saturated carbocycles. The molecule has 0 aromatic heterocycles. The summed E-state index contributed by atoms with van der Waals surface area (Å²) in [5, 5.41) is 34.2. The van der Waals surface area contributed by atoms with Gasteiger partial charge in [0, 0.05) is 13.1 Å². The Kier molecular flexibility index (Phi) is 7.64. The Balaban J connectivity index is 0.000000765. The molecule has 1 aromatic rings. The van der Waals surface area contributed by atoms with Gasteiger partial charge < -0.3 is 30.2 Å². The van der Waals surface area contributed by atoms with Crippen molar-refractivity contribution in [3.63, 3.8) is 0 Å². The standard InChI is InChI=1S/C16H25NO4S.BH3O3/c1-15(2,18)16(3,4)21-13-7-5-12(6-8-13)14-11-17-9-10-22(14,19)20;2-1(3)4/h5-8,14,17-18H,9-11H2,1-4H3;2-4H. The predicted molar refractivity (Wildman–Crippen MR) is 99.3 cm³/mol. The minimum Gasteiger partial charge on any atom is -0.485 e. The summed E-state index contributed by atoms with van der Waals surface area (Å²) in [6, 6.07) is 7.08. The van der Waals surface area contributed by atoms with E-state index in [2.05, 4.69) is 5.32 Å². The van der Waals surface area contributed by atoms with Gasteiger partial charge in [0.1, 0.15) is 11.4 Å². The summed E-state index contributed by atoms with van der Waals surface area (Å²) in [5.41, 5.74) is -0.990. The highest BCUT2D eigenvalue weighted by Gasteiger charge is 2.37. The number of hydrogen-bond acceptors (Lipinski definition) is 8. The fraction of sp³-hybridized carbons (Fsp3) is 0.625. The van der Waals surface area contributed by atoms with Crippen molar-refractivity contribution in [1.29, 1.82) is 0 Å². The van der Waals surface area contributed by atoms with Crippen LogP contribution in [0.4, 0.5) is 0 Å². The number of benzene rings is 1. The first-order valence-corrected chi connectivity index (χ1v) is 9.95. The molecular weight excluding hydrogens is 361 g/mol. The van der Waals surface area contributed by atoms with Crippen molar-refractivity contribution in [2.45, 2.75) is 44.1 Å². The molecule has 0 radical (unpaired) electrons. The quantitative estimate of drug-likeness (QED) is 0.440. The van der Waals surface area contributed by atoms with Crippen LogP contribution in [0.5, 0.6) is 5.75 Å². The molecule has 2 rings (SSSR count). The summed E-state index contributed by atoms with van der Waals surface area (Å²) in [6.45, 7) is 7.98. The van der Waals surface area contributed by atoms with Crippen LogP contribution >= 0.6 is 0 Å². The molecule has 148 valence electrons. The van der Waals surface area contributed by atoms with Crippen molar-refractivity contribution in [2.75, 3.05) is 18.8 Å². The van der Waals surface area contributed by atoms with Gasteiger partial charge in [-0.3, -0.25) is 0 Å². The Morgan fingerprint density at radius 2 is 1.62 bits per heavy atom. The molecule has 8 nitrogen and oxygen atoms in total. The predicted octanol–water partition coefficient (Wildman–Crippen LogP) is -0.378. The number of ether oxygens (including phenoxy) is 1. The van der Waals surface area contributed by atoms with Crippen LogP contribution in [0.3, 0.4) is 0 Å². The van der Waals surface area contributed by atoms with Crippen LogP contribution in [0, 0.1) is 0 Å². The molecule has 26 heavy (non-hydrogen) atoms. The van der Waals surface area contributed by atoms with Crippen LogP contribution in [0.1, 0.15) is 38.5 Å². The SMILES string of the molecule is CC(C)(O)C(C)(C)Oc1ccc(C2CNCCS2(=O)=O)cc1.OB(O)O. The molecule has 1 aromatic carbocycles. The van der Waals surface area contributed by atoms with Gasteiger partial charge >= 0.3 is 7.32 Å². The first-order valence-electron chi connectivity index (χ1n) is 8.24. The second-order valence-corrected chi connectivity index (χ2v) is 9.45. The third kappa shape index (κ3) is 6.53. The van der Waals surface area contributed by atoms with E-state index >= 15 is 0 Å². The van der Waals surface area contributed by atoms with Gasteiger partial charge in [0.05, 0.1) is 16.6 Å². The third-order valence-electron chi connectivity index (χ3n) is 4.42. The Morgan fingerprint density at radius 3 is 2.04 bits per heavy atom. The van der Waals surface area contributed by atoms with Crippen molar-refractivity contribution in [3.05, 3.63) is 29.8 Å². The molecule has 0 spiro atoms. The van der Waals surface area contributed by atoms with Gasteiger partial charge in [-0.1, -0.05) is 12.1 Å². The Labute approximate surface area is 154 Å². The Hall–Kier alpha value is -1.17. The van der Waals surface area contributed by atoms with Crippen LogP contribution in [-0.4, -0.2) is 66.0 Å². The van der Waals surface area contributed by atoms with Crippen LogP contribution < -0.4 is 10.1 Å². The first kappa shape index (κ1) is 22.9. The van der Waals surface area contributed by atoms with Crippen molar-refractivity contribution in [2.24, 2.45) is 0 Å². The van der Waals surface area contributed by atoms with Crippen LogP contribution in [0.25, 0.3) is 0 Å².